The SMILES string of the molecule is O=C(COc1ccc(F)c(Cl)c1)N1Cc2ccc(S(=O)(=O)Cc3nccs3)cc2C1. The van der Waals surface area contributed by atoms with Crippen LogP contribution in [-0.2, 0) is 33.5 Å². The summed E-state index contributed by atoms with van der Waals surface area (Å²) >= 11 is 7.00. The molecule has 1 aliphatic heterocycles. The van der Waals surface area contributed by atoms with E-state index in [0.29, 0.717) is 23.8 Å². The van der Waals surface area contributed by atoms with Gasteiger partial charge in [-0.2, -0.15) is 0 Å². The van der Waals surface area contributed by atoms with Gasteiger partial charge >= 0.3 is 0 Å². The van der Waals surface area contributed by atoms with Gasteiger partial charge in [-0.05, 0) is 35.4 Å². The first-order chi connectivity index (χ1) is 14.3. The van der Waals surface area contributed by atoms with Crippen LogP contribution in [-0.4, -0.2) is 30.8 Å². The van der Waals surface area contributed by atoms with Crippen molar-refractivity contribution in [1.29, 1.82) is 0 Å². The molecule has 0 N–H and O–H groups in total. The number of benzene rings is 2. The number of hydrogen-bond acceptors (Lipinski definition) is 6. The Bertz CT molecular complexity index is 1200. The number of halogens is 2. The standard InChI is InChI=1S/C20H16ClFN2O4S2/c21-17-8-15(2-4-18(17)22)28-11-20(25)24-9-13-1-3-16(7-14(13)10-24)30(26,27)12-19-23-5-6-29-19/h1-8H,9-12H2. The Morgan fingerprint density at radius 3 is 2.73 bits per heavy atom. The van der Waals surface area contributed by atoms with Gasteiger partial charge in [-0.15, -0.1) is 11.3 Å². The van der Waals surface area contributed by atoms with Gasteiger partial charge in [0.25, 0.3) is 5.91 Å². The van der Waals surface area contributed by atoms with Crippen molar-refractivity contribution in [1.82, 2.24) is 9.88 Å². The number of fused-ring (bicyclic) bond motifs is 1. The average Bonchev–Trinajstić information content (AvgIpc) is 3.37. The molecule has 156 valence electrons. The van der Waals surface area contributed by atoms with E-state index in [4.69, 9.17) is 16.3 Å². The van der Waals surface area contributed by atoms with Crippen LogP contribution >= 0.6 is 22.9 Å². The third-order valence-corrected chi connectivity index (χ3v) is 7.54. The van der Waals surface area contributed by atoms with Crippen molar-refractivity contribution in [2.75, 3.05) is 6.61 Å². The van der Waals surface area contributed by atoms with Crippen LogP contribution in [0.5, 0.6) is 5.75 Å². The van der Waals surface area contributed by atoms with Gasteiger partial charge < -0.3 is 9.64 Å². The highest BCUT2D eigenvalue weighted by Gasteiger charge is 2.26. The Balaban J connectivity index is 1.41. The number of hydrogen-bond donors (Lipinski definition) is 0. The summed E-state index contributed by atoms with van der Waals surface area (Å²) in [7, 11) is -3.52. The molecule has 1 aromatic heterocycles. The maximum atomic E-state index is 13.2. The molecular formula is C20H16ClFN2O4S2. The highest BCUT2D eigenvalue weighted by atomic mass is 35.5. The summed E-state index contributed by atoms with van der Waals surface area (Å²) in [5.74, 6) is -0.688. The molecule has 10 heteroatoms. The van der Waals surface area contributed by atoms with Crippen molar-refractivity contribution in [2.24, 2.45) is 0 Å². The molecule has 0 aliphatic carbocycles. The van der Waals surface area contributed by atoms with Gasteiger partial charge in [0.1, 0.15) is 22.3 Å². The van der Waals surface area contributed by atoms with Gasteiger partial charge in [-0.25, -0.2) is 17.8 Å². The number of carbonyl (C=O) groups is 1. The van der Waals surface area contributed by atoms with Crippen LogP contribution in [0.15, 0.2) is 52.9 Å². The fourth-order valence-corrected chi connectivity index (χ4v) is 5.59. The van der Waals surface area contributed by atoms with Gasteiger partial charge in [0, 0.05) is 30.7 Å². The summed E-state index contributed by atoms with van der Waals surface area (Å²) in [6.45, 7) is 0.433. The molecule has 30 heavy (non-hydrogen) atoms. The average molecular weight is 467 g/mol. The summed E-state index contributed by atoms with van der Waals surface area (Å²) in [5, 5.41) is 2.18. The largest absolute Gasteiger partial charge is 0.484 e. The first-order valence-electron chi connectivity index (χ1n) is 8.90. The molecule has 0 saturated carbocycles. The Labute approximate surface area is 181 Å². The Morgan fingerprint density at radius 2 is 2.00 bits per heavy atom. The fourth-order valence-electron chi connectivity index (χ4n) is 3.11. The lowest BCUT2D eigenvalue weighted by atomic mass is 10.1. The minimum absolute atomic E-state index is 0.0833. The van der Waals surface area contributed by atoms with E-state index in [1.165, 1.54) is 29.5 Å². The van der Waals surface area contributed by atoms with E-state index in [1.54, 1.807) is 34.7 Å². The van der Waals surface area contributed by atoms with Gasteiger partial charge in [-0.1, -0.05) is 17.7 Å². The molecule has 0 spiro atoms. The third-order valence-electron chi connectivity index (χ3n) is 4.66. The van der Waals surface area contributed by atoms with E-state index in [2.05, 4.69) is 4.98 Å². The van der Waals surface area contributed by atoms with E-state index >= 15 is 0 Å². The molecule has 1 amide bonds. The number of rotatable bonds is 6. The highest BCUT2D eigenvalue weighted by Crippen LogP contribution is 2.28. The normalized spacial score (nSPS) is 13.3. The minimum Gasteiger partial charge on any atom is -0.484 e. The van der Waals surface area contributed by atoms with Gasteiger partial charge in [-0.3, -0.25) is 4.79 Å². The molecule has 0 bridgehead atoms. The van der Waals surface area contributed by atoms with E-state index in [0.717, 1.165) is 11.1 Å². The molecule has 0 fully saturated rings. The predicted molar refractivity (Wildman–Crippen MR) is 111 cm³/mol. The second-order valence-electron chi connectivity index (χ2n) is 6.73. The molecule has 6 nitrogen and oxygen atoms in total. The van der Waals surface area contributed by atoms with Crippen LogP contribution < -0.4 is 4.74 Å². The predicted octanol–water partition coefficient (Wildman–Crippen LogP) is 3.83. The monoisotopic (exact) mass is 466 g/mol. The molecule has 0 radical (unpaired) electrons. The van der Waals surface area contributed by atoms with Crippen molar-refractivity contribution in [2.45, 2.75) is 23.7 Å². The van der Waals surface area contributed by atoms with E-state index in [9.17, 15) is 17.6 Å². The second-order valence-corrected chi connectivity index (χ2v) is 10.1. The van der Waals surface area contributed by atoms with E-state index < -0.39 is 15.7 Å². The van der Waals surface area contributed by atoms with Crippen LogP contribution in [0, 0.1) is 5.82 Å². The highest BCUT2D eigenvalue weighted by molar-refractivity contribution is 7.90. The number of sulfone groups is 1. The lowest BCUT2D eigenvalue weighted by molar-refractivity contribution is -0.134. The number of nitrogens with zero attached hydrogens (tertiary/aromatic N) is 2. The summed E-state index contributed by atoms with van der Waals surface area (Å²) in [4.78, 5) is 18.3. The molecule has 1 aliphatic rings. The quantitative estimate of drug-likeness (QED) is 0.551. The molecule has 3 aromatic rings. The van der Waals surface area contributed by atoms with Crippen molar-refractivity contribution in [3.63, 3.8) is 0 Å². The molecule has 0 atom stereocenters. The molecule has 2 aromatic carbocycles. The number of amides is 1. The summed E-state index contributed by atoms with van der Waals surface area (Å²) in [6.07, 6.45) is 1.57. The van der Waals surface area contributed by atoms with Crippen molar-refractivity contribution in [3.05, 3.63) is 74.9 Å². The summed E-state index contributed by atoms with van der Waals surface area (Å²) in [5.41, 5.74) is 1.68. The van der Waals surface area contributed by atoms with Gasteiger partial charge in [0.2, 0.25) is 0 Å². The number of ether oxygens (including phenoxy) is 1. The molecule has 0 saturated heterocycles. The van der Waals surface area contributed by atoms with Crippen LogP contribution in [0.3, 0.4) is 0 Å². The lowest BCUT2D eigenvalue weighted by Gasteiger charge is -2.16. The molecule has 2 heterocycles. The second kappa shape index (κ2) is 8.33. The minimum atomic E-state index is -3.52. The molecule has 4 rings (SSSR count). The molecular weight excluding hydrogens is 451 g/mol. The Kier molecular flexibility index (Phi) is 5.77. The van der Waals surface area contributed by atoms with Crippen molar-refractivity contribution < 1.29 is 22.3 Å². The summed E-state index contributed by atoms with van der Waals surface area (Å²) < 4.78 is 43.9. The first-order valence-corrected chi connectivity index (χ1v) is 11.8. The van der Waals surface area contributed by atoms with Crippen LogP contribution in [0.2, 0.25) is 5.02 Å². The van der Waals surface area contributed by atoms with Gasteiger partial charge in [0.05, 0.1) is 9.92 Å². The third kappa shape index (κ3) is 4.48. The first kappa shape index (κ1) is 20.8. The van der Waals surface area contributed by atoms with Crippen LogP contribution in [0.25, 0.3) is 0 Å². The Morgan fingerprint density at radius 1 is 1.20 bits per heavy atom. The van der Waals surface area contributed by atoms with Crippen LogP contribution in [0.1, 0.15) is 16.1 Å². The topological polar surface area (TPSA) is 76.6 Å². The number of aromatic nitrogens is 1. The number of thiazole rings is 1. The maximum absolute atomic E-state index is 13.2. The van der Waals surface area contributed by atoms with Gasteiger partial charge in [0.15, 0.2) is 16.4 Å². The lowest BCUT2D eigenvalue weighted by Crippen LogP contribution is -2.30. The van der Waals surface area contributed by atoms with Crippen molar-refractivity contribution >= 4 is 38.7 Å². The van der Waals surface area contributed by atoms with Crippen molar-refractivity contribution in [3.8, 4) is 5.75 Å². The molecule has 0 unspecified atom stereocenters. The smallest absolute Gasteiger partial charge is 0.261 e. The zero-order valence-electron chi connectivity index (χ0n) is 15.5. The fraction of sp³-hybridized carbons (Fsp3) is 0.200. The zero-order chi connectivity index (χ0) is 21.3. The maximum Gasteiger partial charge on any atom is 0.261 e. The summed E-state index contributed by atoms with van der Waals surface area (Å²) in [6, 6.07) is 8.79. The zero-order valence-corrected chi connectivity index (χ0v) is 17.9. The van der Waals surface area contributed by atoms with Crippen LogP contribution in [0.4, 0.5) is 4.39 Å². The van der Waals surface area contributed by atoms with E-state index in [-0.39, 0.29) is 28.2 Å². The Hall–Kier alpha value is -2.49. The number of carbonyl (C=O) groups excluding carboxylic acids is 1. The van der Waals surface area contributed by atoms with E-state index in [1.807, 2.05) is 0 Å².